The van der Waals surface area contributed by atoms with Crippen molar-refractivity contribution in [3.8, 4) is 16.9 Å². The first kappa shape index (κ1) is 20.8. The van der Waals surface area contributed by atoms with Gasteiger partial charge in [-0.2, -0.15) is 0 Å². The van der Waals surface area contributed by atoms with Gasteiger partial charge in [0.25, 0.3) is 0 Å². The lowest BCUT2D eigenvalue weighted by molar-refractivity contribution is -0.149. The minimum Gasteiger partial charge on any atom is -0.493 e. The van der Waals surface area contributed by atoms with E-state index in [1.807, 2.05) is 61.2 Å². The second kappa shape index (κ2) is 9.53. The number of rotatable bonds is 9. The first-order valence-corrected chi connectivity index (χ1v) is 10.3. The van der Waals surface area contributed by atoms with E-state index in [9.17, 15) is 9.90 Å². The van der Waals surface area contributed by atoms with Gasteiger partial charge in [0.2, 0.25) is 0 Å². The van der Waals surface area contributed by atoms with Crippen molar-refractivity contribution in [3.63, 3.8) is 0 Å². The molecule has 0 amide bonds. The minimum atomic E-state index is -0.947. The van der Waals surface area contributed by atoms with Crippen molar-refractivity contribution in [2.24, 2.45) is 0 Å². The summed E-state index contributed by atoms with van der Waals surface area (Å²) in [7, 11) is 0. The third kappa shape index (κ3) is 4.64. The number of nitrogens with zero attached hydrogens (tertiary/aromatic N) is 2. The molecule has 6 nitrogen and oxygen atoms in total. The van der Waals surface area contributed by atoms with Crippen LogP contribution in [0.3, 0.4) is 0 Å². The van der Waals surface area contributed by atoms with Crippen LogP contribution in [0.2, 0.25) is 0 Å². The number of aliphatic carboxylic acids is 1. The number of hydrogen-bond donors (Lipinski definition) is 1. The molecule has 1 aliphatic carbocycles. The van der Waals surface area contributed by atoms with Crippen LogP contribution in [0.4, 0.5) is 0 Å². The lowest BCUT2D eigenvalue weighted by Crippen LogP contribution is -2.26. The number of aromatic nitrogens is 2. The van der Waals surface area contributed by atoms with Crippen molar-refractivity contribution in [1.29, 1.82) is 0 Å². The van der Waals surface area contributed by atoms with Gasteiger partial charge in [0, 0.05) is 55.4 Å². The Bertz CT molecular complexity index is 1050. The molecule has 1 unspecified atom stereocenters. The average Bonchev–Trinajstić information content (AvgIpc) is 3.11. The average molecular weight is 416 g/mol. The van der Waals surface area contributed by atoms with Crippen LogP contribution in [-0.4, -0.2) is 40.4 Å². The summed E-state index contributed by atoms with van der Waals surface area (Å²) in [5, 5.41) is 9.21. The zero-order valence-corrected chi connectivity index (χ0v) is 17.3. The summed E-state index contributed by atoms with van der Waals surface area (Å²) in [5.74, 6) is -0.192. The molecule has 0 spiro atoms. The second-order valence-electron chi connectivity index (χ2n) is 7.23. The van der Waals surface area contributed by atoms with Crippen LogP contribution in [0.1, 0.15) is 30.0 Å². The Kier molecular flexibility index (Phi) is 6.38. The topological polar surface area (TPSA) is 81.5 Å². The number of benzene rings is 1. The number of ether oxygens (including phenoxy) is 2. The van der Waals surface area contributed by atoms with E-state index in [2.05, 4.69) is 16.0 Å². The molecule has 0 aliphatic heterocycles. The lowest BCUT2D eigenvalue weighted by Gasteiger charge is -2.12. The summed E-state index contributed by atoms with van der Waals surface area (Å²) in [6.45, 7) is 2.70. The van der Waals surface area contributed by atoms with Gasteiger partial charge in [-0.15, -0.1) is 0 Å². The largest absolute Gasteiger partial charge is 0.493 e. The van der Waals surface area contributed by atoms with E-state index in [0.717, 1.165) is 28.9 Å². The maximum Gasteiger partial charge on any atom is 0.333 e. The molecule has 158 valence electrons. The fourth-order valence-electron chi connectivity index (χ4n) is 3.79. The second-order valence-corrected chi connectivity index (χ2v) is 7.23. The molecule has 0 fully saturated rings. The summed E-state index contributed by atoms with van der Waals surface area (Å²) in [6.07, 6.45) is 9.84. The predicted molar refractivity (Wildman–Crippen MR) is 118 cm³/mol. The molecule has 0 saturated heterocycles. The fraction of sp³-hybridized carbons (Fsp3) is 0.240. The minimum absolute atomic E-state index is 0.331. The Balaban J connectivity index is 1.37. The van der Waals surface area contributed by atoms with E-state index in [1.54, 1.807) is 6.92 Å². The van der Waals surface area contributed by atoms with E-state index in [4.69, 9.17) is 9.47 Å². The third-order valence-electron chi connectivity index (χ3n) is 5.24. The van der Waals surface area contributed by atoms with Gasteiger partial charge in [0.15, 0.2) is 6.10 Å². The van der Waals surface area contributed by atoms with Gasteiger partial charge in [0.05, 0.1) is 6.61 Å². The number of pyridine rings is 2. The first-order chi connectivity index (χ1) is 15.2. The van der Waals surface area contributed by atoms with Gasteiger partial charge in [-0.1, -0.05) is 18.2 Å². The molecule has 1 N–H and O–H groups in total. The number of carboxylic acid groups (broad SMARTS) is 1. The van der Waals surface area contributed by atoms with Crippen molar-refractivity contribution in [2.75, 3.05) is 13.2 Å². The third-order valence-corrected chi connectivity index (χ3v) is 5.24. The van der Waals surface area contributed by atoms with Gasteiger partial charge < -0.3 is 14.6 Å². The predicted octanol–water partition coefficient (Wildman–Crippen LogP) is 4.39. The van der Waals surface area contributed by atoms with Gasteiger partial charge in [-0.25, -0.2) is 4.79 Å². The summed E-state index contributed by atoms with van der Waals surface area (Å²) < 4.78 is 11.2. The van der Waals surface area contributed by atoms with Gasteiger partial charge in [-0.05, 0) is 53.5 Å². The first-order valence-electron chi connectivity index (χ1n) is 10.3. The molecular formula is C25H24N2O4. The molecular weight excluding hydrogens is 392 g/mol. The summed E-state index contributed by atoms with van der Waals surface area (Å²) in [6, 6.07) is 11.6. The Morgan fingerprint density at radius 3 is 2.23 bits per heavy atom. The Morgan fingerprint density at radius 2 is 1.65 bits per heavy atom. The van der Waals surface area contributed by atoms with Crippen LogP contribution >= 0.6 is 0 Å². The van der Waals surface area contributed by atoms with E-state index in [1.165, 1.54) is 16.7 Å². The van der Waals surface area contributed by atoms with E-state index >= 15 is 0 Å². The number of fused-ring (bicyclic) bond motifs is 3. The van der Waals surface area contributed by atoms with Crippen molar-refractivity contribution in [2.45, 2.75) is 25.9 Å². The van der Waals surface area contributed by atoms with E-state index in [0.29, 0.717) is 19.6 Å². The van der Waals surface area contributed by atoms with Crippen LogP contribution in [-0.2, 0) is 16.0 Å². The molecule has 3 aromatic rings. The molecule has 0 radical (unpaired) electrons. The number of hydrogen-bond acceptors (Lipinski definition) is 5. The van der Waals surface area contributed by atoms with Gasteiger partial charge >= 0.3 is 5.97 Å². The summed E-state index contributed by atoms with van der Waals surface area (Å²) in [4.78, 5) is 19.7. The Labute approximate surface area is 181 Å². The van der Waals surface area contributed by atoms with Crippen molar-refractivity contribution < 1.29 is 19.4 Å². The highest BCUT2D eigenvalue weighted by atomic mass is 16.5. The molecule has 4 rings (SSSR count). The van der Waals surface area contributed by atoms with Gasteiger partial charge in [-0.3, -0.25) is 9.97 Å². The summed E-state index contributed by atoms with van der Waals surface area (Å²) in [5.41, 5.74) is 6.65. The summed E-state index contributed by atoms with van der Waals surface area (Å²) >= 11 is 0. The molecule has 1 aromatic carbocycles. The van der Waals surface area contributed by atoms with Crippen molar-refractivity contribution in [1.82, 2.24) is 9.97 Å². The fourth-order valence-corrected chi connectivity index (χ4v) is 3.79. The smallest absolute Gasteiger partial charge is 0.333 e. The molecule has 31 heavy (non-hydrogen) atoms. The highest BCUT2D eigenvalue weighted by Crippen LogP contribution is 2.43. The maximum atomic E-state index is 11.2. The zero-order valence-electron chi connectivity index (χ0n) is 17.3. The van der Waals surface area contributed by atoms with Crippen LogP contribution in [0.15, 0.2) is 67.3 Å². The zero-order chi connectivity index (χ0) is 21.6. The molecule has 1 atom stereocenters. The van der Waals surface area contributed by atoms with Crippen LogP contribution in [0, 0.1) is 0 Å². The van der Waals surface area contributed by atoms with Crippen molar-refractivity contribution in [3.05, 3.63) is 84.0 Å². The van der Waals surface area contributed by atoms with E-state index < -0.39 is 12.1 Å². The van der Waals surface area contributed by atoms with E-state index in [-0.39, 0.29) is 0 Å². The molecule has 1 aliphatic rings. The van der Waals surface area contributed by atoms with Crippen LogP contribution < -0.4 is 4.74 Å². The monoisotopic (exact) mass is 416 g/mol. The molecule has 0 bridgehead atoms. The van der Waals surface area contributed by atoms with Crippen LogP contribution in [0.5, 0.6) is 5.75 Å². The quantitative estimate of drug-likeness (QED) is 0.408. The van der Waals surface area contributed by atoms with Crippen LogP contribution in [0.25, 0.3) is 16.7 Å². The molecule has 2 heterocycles. The normalized spacial score (nSPS) is 12.7. The molecule has 2 aromatic heterocycles. The van der Waals surface area contributed by atoms with Crippen molar-refractivity contribution >= 4 is 11.5 Å². The Hall–Kier alpha value is -3.51. The van der Waals surface area contributed by atoms with Gasteiger partial charge in [0.1, 0.15) is 5.75 Å². The Morgan fingerprint density at radius 1 is 1.00 bits per heavy atom. The SMILES string of the molecule is CCOC(Cc1ccc(OCCC=C2c3ccncc3-c3cnccc32)cc1)C(=O)O. The highest BCUT2D eigenvalue weighted by Gasteiger charge is 2.23. The molecule has 6 heteroatoms. The standard InChI is InChI=1S/C25H24N2O4/c1-2-30-24(25(28)29)14-17-5-7-18(8-6-17)31-13-3-4-19-20-9-11-26-15-22(20)23-16-27-12-10-21(19)23/h4-12,15-16,24H,2-3,13-14H2,1H3,(H,28,29). The maximum absolute atomic E-state index is 11.2. The number of carboxylic acids is 1. The number of carbonyl (C=O) groups is 1. The molecule has 0 saturated carbocycles. The highest BCUT2D eigenvalue weighted by molar-refractivity contribution is 6.00. The lowest BCUT2D eigenvalue weighted by atomic mass is 10.0.